The van der Waals surface area contributed by atoms with E-state index in [0.717, 1.165) is 5.56 Å². The zero-order chi connectivity index (χ0) is 14.7. The van der Waals surface area contributed by atoms with Crippen molar-refractivity contribution in [2.24, 2.45) is 0 Å². The summed E-state index contributed by atoms with van der Waals surface area (Å²) in [4.78, 5) is 11.1. The third kappa shape index (κ3) is 2.98. The van der Waals surface area contributed by atoms with Gasteiger partial charge in [0.15, 0.2) is 0 Å². The molecule has 0 fully saturated rings. The highest BCUT2D eigenvalue weighted by atomic mass is 79.9. The molecule has 0 aliphatic heterocycles. The second-order valence-corrected chi connectivity index (χ2v) is 5.14. The predicted octanol–water partition coefficient (Wildman–Crippen LogP) is 4.07. The van der Waals surface area contributed by atoms with Crippen LogP contribution < -0.4 is 5.32 Å². The Balaban J connectivity index is 2.38. The lowest BCUT2D eigenvalue weighted by molar-refractivity contribution is 0.0696. The van der Waals surface area contributed by atoms with Crippen LogP contribution in [0.15, 0.2) is 40.9 Å². The first kappa shape index (κ1) is 14.1. The molecule has 2 rings (SSSR count). The van der Waals surface area contributed by atoms with Gasteiger partial charge in [-0.2, -0.15) is 5.26 Å². The summed E-state index contributed by atoms with van der Waals surface area (Å²) in [5.74, 6) is -1.01. The predicted molar refractivity (Wildman–Crippen MR) is 80.3 cm³/mol. The third-order valence-electron chi connectivity index (χ3n) is 2.77. The highest BCUT2D eigenvalue weighted by molar-refractivity contribution is 9.10. The van der Waals surface area contributed by atoms with Crippen LogP contribution in [-0.4, -0.2) is 11.1 Å². The fraction of sp³-hybridized carbons (Fsp3) is 0.0667. The molecule has 2 aromatic rings. The normalized spacial score (nSPS) is 9.85. The zero-order valence-electron chi connectivity index (χ0n) is 10.6. The van der Waals surface area contributed by atoms with Crippen LogP contribution in [0.3, 0.4) is 0 Å². The van der Waals surface area contributed by atoms with E-state index in [9.17, 15) is 4.79 Å². The topological polar surface area (TPSA) is 73.1 Å². The molecule has 0 saturated carbocycles. The minimum absolute atomic E-state index is 0.167. The number of carboxylic acid groups (broad SMARTS) is 1. The molecule has 0 radical (unpaired) electrons. The Morgan fingerprint density at radius 2 is 2.05 bits per heavy atom. The fourth-order valence-corrected chi connectivity index (χ4v) is 2.20. The molecule has 20 heavy (non-hydrogen) atoms. The molecule has 0 bridgehead atoms. The summed E-state index contributed by atoms with van der Waals surface area (Å²) >= 11 is 3.19. The highest BCUT2D eigenvalue weighted by Gasteiger charge is 2.10. The zero-order valence-corrected chi connectivity index (χ0v) is 12.2. The molecule has 0 aliphatic carbocycles. The first-order chi connectivity index (χ1) is 9.51. The van der Waals surface area contributed by atoms with E-state index in [0.29, 0.717) is 21.4 Å². The van der Waals surface area contributed by atoms with Gasteiger partial charge in [-0.1, -0.05) is 6.07 Å². The van der Waals surface area contributed by atoms with Crippen molar-refractivity contribution >= 4 is 33.3 Å². The second-order valence-electron chi connectivity index (χ2n) is 4.29. The SMILES string of the molecule is Cc1ccc(Nc2ccc(Br)c(C(=O)O)c2)c(C#N)c1. The van der Waals surface area contributed by atoms with Crippen LogP contribution >= 0.6 is 15.9 Å². The third-order valence-corrected chi connectivity index (χ3v) is 3.46. The number of carboxylic acids is 1. The number of rotatable bonds is 3. The number of hydrogen-bond acceptors (Lipinski definition) is 3. The van der Waals surface area contributed by atoms with Crippen LogP contribution in [0.2, 0.25) is 0 Å². The minimum atomic E-state index is -1.01. The number of nitriles is 1. The smallest absolute Gasteiger partial charge is 0.336 e. The van der Waals surface area contributed by atoms with Crippen molar-refractivity contribution in [1.82, 2.24) is 0 Å². The standard InChI is InChI=1S/C15H11BrN2O2/c1-9-2-5-14(10(6-9)8-17)18-11-3-4-13(16)12(7-11)15(19)20/h2-7,18H,1H3,(H,19,20). The van der Waals surface area contributed by atoms with E-state index in [1.54, 1.807) is 24.3 Å². The van der Waals surface area contributed by atoms with Crippen molar-refractivity contribution in [3.8, 4) is 6.07 Å². The minimum Gasteiger partial charge on any atom is -0.478 e. The Bertz CT molecular complexity index is 720. The van der Waals surface area contributed by atoms with E-state index in [2.05, 4.69) is 27.3 Å². The van der Waals surface area contributed by atoms with Gasteiger partial charge >= 0.3 is 5.97 Å². The van der Waals surface area contributed by atoms with Gasteiger partial charge < -0.3 is 10.4 Å². The molecule has 0 spiro atoms. The molecule has 0 heterocycles. The molecule has 5 heteroatoms. The average molecular weight is 331 g/mol. The average Bonchev–Trinajstić information content (AvgIpc) is 2.42. The number of anilines is 2. The summed E-state index contributed by atoms with van der Waals surface area (Å²) < 4.78 is 0.514. The van der Waals surface area contributed by atoms with Crippen molar-refractivity contribution in [2.45, 2.75) is 6.92 Å². The van der Waals surface area contributed by atoms with Gasteiger partial charge in [0.2, 0.25) is 0 Å². The molecule has 2 N–H and O–H groups in total. The highest BCUT2D eigenvalue weighted by Crippen LogP contribution is 2.25. The van der Waals surface area contributed by atoms with Gasteiger partial charge in [-0.15, -0.1) is 0 Å². The van der Waals surface area contributed by atoms with Crippen molar-refractivity contribution < 1.29 is 9.90 Å². The number of nitrogens with zero attached hydrogens (tertiary/aromatic N) is 1. The van der Waals surface area contributed by atoms with Crippen molar-refractivity contribution in [3.63, 3.8) is 0 Å². The summed E-state index contributed by atoms with van der Waals surface area (Å²) in [5, 5.41) is 21.3. The van der Waals surface area contributed by atoms with E-state index in [1.807, 2.05) is 13.0 Å². The monoisotopic (exact) mass is 330 g/mol. The molecular weight excluding hydrogens is 320 g/mol. The number of halogens is 1. The van der Waals surface area contributed by atoms with Crippen LogP contribution in [0.25, 0.3) is 0 Å². The Labute approximate surface area is 124 Å². The van der Waals surface area contributed by atoms with Crippen LogP contribution in [0, 0.1) is 18.3 Å². The Hall–Kier alpha value is -2.32. The van der Waals surface area contributed by atoms with Crippen LogP contribution in [-0.2, 0) is 0 Å². The first-order valence-electron chi connectivity index (χ1n) is 5.82. The molecule has 4 nitrogen and oxygen atoms in total. The molecule has 0 unspecified atom stereocenters. The van der Waals surface area contributed by atoms with Crippen molar-refractivity contribution in [3.05, 3.63) is 57.6 Å². The van der Waals surface area contributed by atoms with E-state index >= 15 is 0 Å². The summed E-state index contributed by atoms with van der Waals surface area (Å²) in [6.45, 7) is 1.91. The summed E-state index contributed by atoms with van der Waals surface area (Å²) in [6.07, 6.45) is 0. The lowest BCUT2D eigenvalue weighted by Crippen LogP contribution is -2.00. The molecule has 0 saturated heterocycles. The number of aromatic carboxylic acids is 1. The fourth-order valence-electron chi connectivity index (χ4n) is 1.78. The van der Waals surface area contributed by atoms with E-state index in [-0.39, 0.29) is 5.56 Å². The van der Waals surface area contributed by atoms with Gasteiger partial charge in [-0.3, -0.25) is 0 Å². The molecule has 0 atom stereocenters. The van der Waals surface area contributed by atoms with E-state index in [1.165, 1.54) is 6.07 Å². The lowest BCUT2D eigenvalue weighted by Gasteiger charge is -2.10. The molecule has 100 valence electrons. The number of benzene rings is 2. The van der Waals surface area contributed by atoms with Gasteiger partial charge in [-0.05, 0) is 58.7 Å². The molecule has 0 aromatic heterocycles. The number of hydrogen-bond donors (Lipinski definition) is 2. The molecule has 2 aromatic carbocycles. The van der Waals surface area contributed by atoms with E-state index < -0.39 is 5.97 Å². The van der Waals surface area contributed by atoms with Crippen molar-refractivity contribution in [2.75, 3.05) is 5.32 Å². The maximum absolute atomic E-state index is 11.1. The van der Waals surface area contributed by atoms with Gasteiger partial charge in [0, 0.05) is 10.2 Å². The Morgan fingerprint density at radius 1 is 1.30 bits per heavy atom. The lowest BCUT2D eigenvalue weighted by atomic mass is 10.1. The maximum Gasteiger partial charge on any atom is 0.336 e. The molecular formula is C15H11BrN2O2. The largest absolute Gasteiger partial charge is 0.478 e. The summed E-state index contributed by atoms with van der Waals surface area (Å²) in [6, 6.07) is 12.5. The Morgan fingerprint density at radius 3 is 2.70 bits per heavy atom. The van der Waals surface area contributed by atoms with Crippen LogP contribution in [0.1, 0.15) is 21.5 Å². The Kier molecular flexibility index (Phi) is 4.06. The summed E-state index contributed by atoms with van der Waals surface area (Å²) in [5.41, 5.74) is 2.95. The summed E-state index contributed by atoms with van der Waals surface area (Å²) in [7, 11) is 0. The molecule has 0 aliphatic rings. The van der Waals surface area contributed by atoms with Crippen LogP contribution in [0.4, 0.5) is 11.4 Å². The number of carbonyl (C=O) groups is 1. The van der Waals surface area contributed by atoms with Crippen LogP contribution in [0.5, 0.6) is 0 Å². The number of nitrogens with one attached hydrogen (secondary N) is 1. The number of aryl methyl sites for hydroxylation is 1. The van der Waals surface area contributed by atoms with Crippen molar-refractivity contribution in [1.29, 1.82) is 5.26 Å². The van der Waals surface area contributed by atoms with Gasteiger partial charge in [0.05, 0.1) is 16.8 Å². The van der Waals surface area contributed by atoms with E-state index in [4.69, 9.17) is 10.4 Å². The second kappa shape index (κ2) is 5.76. The van der Waals surface area contributed by atoms with Gasteiger partial charge in [0.1, 0.15) is 6.07 Å². The van der Waals surface area contributed by atoms with Gasteiger partial charge in [-0.25, -0.2) is 4.79 Å². The van der Waals surface area contributed by atoms with Gasteiger partial charge in [0.25, 0.3) is 0 Å². The maximum atomic E-state index is 11.1. The first-order valence-corrected chi connectivity index (χ1v) is 6.61. The molecule has 0 amide bonds. The quantitative estimate of drug-likeness (QED) is 0.889.